The summed E-state index contributed by atoms with van der Waals surface area (Å²) in [6.07, 6.45) is 4.64. The second-order valence-electron chi connectivity index (χ2n) is 5.76. The number of benzene rings is 1. The molecular formula is C16H14BrClN2. The minimum Gasteiger partial charge on any atom is -0.235 e. The average molecular weight is 350 g/mol. The molecule has 20 heavy (non-hydrogen) atoms. The summed E-state index contributed by atoms with van der Waals surface area (Å²) in [5, 5.41) is 0.555. The van der Waals surface area contributed by atoms with Gasteiger partial charge in [0.2, 0.25) is 0 Å². The fourth-order valence-corrected chi connectivity index (χ4v) is 3.48. The lowest BCUT2D eigenvalue weighted by Crippen LogP contribution is -2.15. The number of aromatic nitrogens is 2. The van der Waals surface area contributed by atoms with Gasteiger partial charge in [-0.1, -0.05) is 41.9 Å². The van der Waals surface area contributed by atoms with Gasteiger partial charge in [0.25, 0.3) is 0 Å². The maximum atomic E-state index is 6.31. The number of hydrogen-bond donors (Lipinski definition) is 0. The molecule has 2 nitrogen and oxygen atoms in total. The zero-order valence-corrected chi connectivity index (χ0v) is 13.3. The van der Waals surface area contributed by atoms with Gasteiger partial charge in [0.1, 0.15) is 11.0 Å². The van der Waals surface area contributed by atoms with Crippen molar-refractivity contribution in [3.05, 3.63) is 57.0 Å². The van der Waals surface area contributed by atoms with E-state index in [1.54, 1.807) is 0 Å². The second kappa shape index (κ2) is 4.54. The number of rotatable bonds is 3. The number of halogens is 2. The summed E-state index contributed by atoms with van der Waals surface area (Å²) in [6, 6.07) is 10.5. The van der Waals surface area contributed by atoms with Gasteiger partial charge < -0.3 is 0 Å². The first kappa shape index (κ1) is 12.8. The van der Waals surface area contributed by atoms with E-state index in [4.69, 9.17) is 16.6 Å². The lowest BCUT2D eigenvalue weighted by atomic mass is 9.95. The fourth-order valence-electron chi connectivity index (χ4n) is 2.80. The van der Waals surface area contributed by atoms with Crippen molar-refractivity contribution in [2.75, 3.05) is 0 Å². The van der Waals surface area contributed by atoms with Crippen LogP contribution >= 0.6 is 27.5 Å². The van der Waals surface area contributed by atoms with Crippen molar-refractivity contribution in [2.45, 2.75) is 37.0 Å². The molecule has 0 spiro atoms. The zero-order chi connectivity index (χ0) is 13.7. The third kappa shape index (κ3) is 1.99. The minimum absolute atomic E-state index is 0.00472. The Kier molecular flexibility index (Phi) is 2.90. The molecule has 1 aromatic carbocycles. The number of hydrogen-bond acceptors (Lipinski definition) is 2. The lowest BCUT2D eigenvalue weighted by molar-refractivity contribution is 0.736. The standard InChI is InChI=1S/C16H14BrClN2/c17-12-13(10-6-7-10)19-15(20-14(12)18)16(8-9-16)11-4-2-1-3-5-11/h1-5,10H,6-9H2. The van der Waals surface area contributed by atoms with Gasteiger partial charge in [-0.05, 0) is 47.2 Å². The van der Waals surface area contributed by atoms with Gasteiger partial charge in [0, 0.05) is 5.92 Å². The molecular weight excluding hydrogens is 336 g/mol. The Bertz CT molecular complexity index is 664. The van der Waals surface area contributed by atoms with Gasteiger partial charge in [0.15, 0.2) is 0 Å². The summed E-state index contributed by atoms with van der Waals surface area (Å²) < 4.78 is 0.884. The lowest BCUT2D eigenvalue weighted by Gasteiger charge is -2.16. The summed E-state index contributed by atoms with van der Waals surface area (Å²) in [7, 11) is 0. The molecule has 4 heteroatoms. The third-order valence-corrected chi connectivity index (χ3v) is 5.59. The SMILES string of the molecule is Clc1nc(C2(c3ccccc3)CC2)nc(C2CC2)c1Br. The summed E-state index contributed by atoms with van der Waals surface area (Å²) in [5.74, 6) is 1.47. The van der Waals surface area contributed by atoms with Gasteiger partial charge in [-0.2, -0.15) is 0 Å². The second-order valence-corrected chi connectivity index (χ2v) is 6.91. The van der Waals surface area contributed by atoms with Crippen LogP contribution < -0.4 is 0 Å². The van der Waals surface area contributed by atoms with E-state index in [9.17, 15) is 0 Å². The molecule has 2 aromatic rings. The molecule has 0 unspecified atom stereocenters. The Morgan fingerprint density at radius 3 is 2.40 bits per heavy atom. The van der Waals surface area contributed by atoms with E-state index >= 15 is 0 Å². The molecule has 0 aliphatic heterocycles. The van der Waals surface area contributed by atoms with Crippen LogP contribution in [-0.4, -0.2) is 9.97 Å². The molecule has 1 aromatic heterocycles. The van der Waals surface area contributed by atoms with Gasteiger partial charge in [0.05, 0.1) is 15.6 Å². The first-order valence-corrected chi connectivity index (χ1v) is 8.17. The Morgan fingerprint density at radius 1 is 1.10 bits per heavy atom. The maximum absolute atomic E-state index is 6.31. The summed E-state index contributed by atoms with van der Waals surface area (Å²) >= 11 is 9.86. The van der Waals surface area contributed by atoms with Crippen LogP contribution in [-0.2, 0) is 5.41 Å². The van der Waals surface area contributed by atoms with Crippen LogP contribution in [0.2, 0.25) is 5.15 Å². The van der Waals surface area contributed by atoms with Crippen molar-refractivity contribution in [1.82, 2.24) is 9.97 Å². The molecule has 0 amide bonds. The van der Waals surface area contributed by atoms with Gasteiger partial charge >= 0.3 is 0 Å². The van der Waals surface area contributed by atoms with Crippen LogP contribution in [0.5, 0.6) is 0 Å². The van der Waals surface area contributed by atoms with Crippen LogP contribution in [0.3, 0.4) is 0 Å². The monoisotopic (exact) mass is 348 g/mol. The predicted octanol–water partition coefficient (Wildman–Crippen LogP) is 4.85. The van der Waals surface area contributed by atoms with Crippen LogP contribution in [0.4, 0.5) is 0 Å². The molecule has 4 rings (SSSR count). The molecule has 2 saturated carbocycles. The summed E-state index contributed by atoms with van der Waals surface area (Å²) in [6.45, 7) is 0. The molecule has 0 atom stereocenters. The highest BCUT2D eigenvalue weighted by molar-refractivity contribution is 9.10. The van der Waals surface area contributed by atoms with Crippen molar-refractivity contribution in [3.8, 4) is 0 Å². The van der Waals surface area contributed by atoms with Crippen LogP contribution in [0.15, 0.2) is 34.8 Å². The third-order valence-electron chi connectivity index (χ3n) is 4.30. The Hall–Kier alpha value is -0.930. The van der Waals surface area contributed by atoms with Crippen molar-refractivity contribution in [2.24, 2.45) is 0 Å². The first-order chi connectivity index (χ1) is 9.71. The van der Waals surface area contributed by atoms with E-state index in [-0.39, 0.29) is 5.41 Å². The Labute approximate surface area is 131 Å². The molecule has 0 bridgehead atoms. The predicted molar refractivity (Wildman–Crippen MR) is 83.2 cm³/mol. The quantitative estimate of drug-likeness (QED) is 0.740. The molecule has 2 fully saturated rings. The van der Waals surface area contributed by atoms with E-state index < -0.39 is 0 Å². The maximum Gasteiger partial charge on any atom is 0.147 e. The first-order valence-electron chi connectivity index (χ1n) is 7.00. The van der Waals surface area contributed by atoms with Crippen molar-refractivity contribution in [1.29, 1.82) is 0 Å². The van der Waals surface area contributed by atoms with Crippen molar-refractivity contribution in [3.63, 3.8) is 0 Å². The Balaban J connectivity index is 1.83. The Morgan fingerprint density at radius 2 is 1.80 bits per heavy atom. The molecule has 0 saturated heterocycles. The molecule has 2 aliphatic rings. The topological polar surface area (TPSA) is 25.8 Å². The highest BCUT2D eigenvalue weighted by Gasteiger charge is 2.49. The van der Waals surface area contributed by atoms with Gasteiger partial charge in [-0.3, -0.25) is 0 Å². The van der Waals surface area contributed by atoms with E-state index in [0.717, 1.165) is 28.8 Å². The fraction of sp³-hybridized carbons (Fsp3) is 0.375. The molecule has 2 aliphatic carbocycles. The van der Waals surface area contributed by atoms with Gasteiger partial charge in [-0.25, -0.2) is 9.97 Å². The highest BCUT2D eigenvalue weighted by atomic mass is 79.9. The highest BCUT2D eigenvalue weighted by Crippen LogP contribution is 2.53. The van der Waals surface area contributed by atoms with Crippen LogP contribution in [0.25, 0.3) is 0 Å². The average Bonchev–Trinajstić information content (AvgIpc) is 3.36. The zero-order valence-electron chi connectivity index (χ0n) is 10.9. The summed E-state index contributed by atoms with van der Waals surface area (Å²) in [5.41, 5.74) is 2.40. The van der Waals surface area contributed by atoms with Crippen LogP contribution in [0.1, 0.15) is 48.7 Å². The normalized spacial score (nSPS) is 19.9. The molecule has 0 radical (unpaired) electrons. The van der Waals surface area contributed by atoms with Crippen molar-refractivity contribution < 1.29 is 0 Å². The van der Waals surface area contributed by atoms with E-state index in [1.165, 1.54) is 18.4 Å². The molecule has 0 N–H and O–H groups in total. The smallest absolute Gasteiger partial charge is 0.147 e. The molecule has 1 heterocycles. The van der Waals surface area contributed by atoms with Gasteiger partial charge in [-0.15, -0.1) is 0 Å². The summed E-state index contributed by atoms with van der Waals surface area (Å²) in [4.78, 5) is 9.42. The van der Waals surface area contributed by atoms with Crippen LogP contribution in [0, 0.1) is 0 Å². The molecule has 102 valence electrons. The minimum atomic E-state index is -0.00472. The van der Waals surface area contributed by atoms with E-state index in [2.05, 4.69) is 45.2 Å². The van der Waals surface area contributed by atoms with E-state index in [1.807, 2.05) is 6.07 Å². The van der Waals surface area contributed by atoms with Crippen molar-refractivity contribution >= 4 is 27.5 Å². The van der Waals surface area contributed by atoms with E-state index in [0.29, 0.717) is 11.1 Å². The number of nitrogens with zero attached hydrogens (tertiary/aromatic N) is 2. The largest absolute Gasteiger partial charge is 0.235 e.